The molecule has 5 heteroatoms. The first-order chi connectivity index (χ1) is 9.97. The van der Waals surface area contributed by atoms with Crippen molar-refractivity contribution in [3.63, 3.8) is 0 Å². The molecular formula is C16H15NO4. The van der Waals surface area contributed by atoms with Crippen molar-refractivity contribution in [2.24, 2.45) is 0 Å². The lowest BCUT2D eigenvalue weighted by Crippen LogP contribution is -2.27. The summed E-state index contributed by atoms with van der Waals surface area (Å²) < 4.78 is 5.69. The highest BCUT2D eigenvalue weighted by molar-refractivity contribution is 6.01. The second-order valence-electron chi connectivity index (χ2n) is 4.72. The van der Waals surface area contributed by atoms with Crippen LogP contribution < -0.4 is 4.73 Å². The largest absolute Gasteiger partial charge is 0.619 e. The van der Waals surface area contributed by atoms with Crippen LogP contribution in [0.1, 0.15) is 33.2 Å². The highest BCUT2D eigenvalue weighted by Gasteiger charge is 2.20. The van der Waals surface area contributed by atoms with E-state index < -0.39 is 12.1 Å². The van der Waals surface area contributed by atoms with Crippen LogP contribution in [-0.2, 0) is 4.74 Å². The number of ketones is 1. The number of carbonyl (C=O) groups excluding carboxylic acids is 2. The quantitative estimate of drug-likeness (QED) is 0.373. The van der Waals surface area contributed by atoms with Gasteiger partial charge in [-0.3, -0.25) is 4.79 Å². The van der Waals surface area contributed by atoms with Gasteiger partial charge in [0.05, 0.1) is 5.56 Å². The smallest absolute Gasteiger partial charge is 0.339 e. The first kappa shape index (κ1) is 14.7. The monoisotopic (exact) mass is 285 g/mol. The molecule has 0 saturated heterocycles. The van der Waals surface area contributed by atoms with E-state index in [0.717, 1.165) is 5.56 Å². The highest BCUT2D eigenvalue weighted by atomic mass is 16.5. The Morgan fingerprint density at radius 1 is 1.05 bits per heavy atom. The summed E-state index contributed by atoms with van der Waals surface area (Å²) in [4.78, 5) is 24.0. The molecule has 21 heavy (non-hydrogen) atoms. The van der Waals surface area contributed by atoms with Gasteiger partial charge in [-0.05, 0) is 13.8 Å². The van der Waals surface area contributed by atoms with Gasteiger partial charge in [-0.25, -0.2) is 4.79 Å². The maximum Gasteiger partial charge on any atom is 0.339 e. The Balaban J connectivity index is 2.05. The number of hydrogen-bond donors (Lipinski definition) is 0. The summed E-state index contributed by atoms with van der Waals surface area (Å²) in [5.41, 5.74) is 1.77. The van der Waals surface area contributed by atoms with Crippen molar-refractivity contribution in [2.75, 3.05) is 0 Å². The van der Waals surface area contributed by atoms with Gasteiger partial charge in [-0.1, -0.05) is 29.8 Å². The number of aromatic nitrogens is 1. The van der Waals surface area contributed by atoms with E-state index in [1.54, 1.807) is 12.1 Å². The van der Waals surface area contributed by atoms with Crippen LogP contribution in [0.4, 0.5) is 0 Å². The number of Topliss-reactive ketones (excluding diaryl/α,β-unsaturated/α-hetero) is 1. The van der Waals surface area contributed by atoms with Crippen LogP contribution in [0, 0.1) is 12.1 Å². The van der Waals surface area contributed by atoms with E-state index >= 15 is 0 Å². The second kappa shape index (κ2) is 6.17. The number of aryl methyl sites for hydroxylation is 1. The lowest BCUT2D eigenvalue weighted by Gasteiger charge is -2.12. The Morgan fingerprint density at radius 3 is 2.19 bits per heavy atom. The van der Waals surface area contributed by atoms with Crippen LogP contribution in [0.5, 0.6) is 0 Å². The van der Waals surface area contributed by atoms with Crippen LogP contribution in [-0.4, -0.2) is 17.9 Å². The summed E-state index contributed by atoms with van der Waals surface area (Å²) in [6.07, 6.45) is 1.51. The molecule has 0 aliphatic carbocycles. The zero-order valence-corrected chi connectivity index (χ0v) is 11.8. The molecule has 0 fully saturated rings. The number of benzene rings is 1. The first-order valence-corrected chi connectivity index (χ1v) is 6.48. The summed E-state index contributed by atoms with van der Waals surface area (Å²) in [6, 6.07) is 9.74. The van der Waals surface area contributed by atoms with Gasteiger partial charge >= 0.3 is 5.97 Å². The van der Waals surface area contributed by atoms with Gasteiger partial charge in [0.1, 0.15) is 0 Å². The highest BCUT2D eigenvalue weighted by Crippen LogP contribution is 2.10. The number of nitrogens with zero attached hydrogens (tertiary/aromatic N) is 1. The molecule has 2 rings (SSSR count). The molecule has 0 aliphatic rings. The molecule has 0 unspecified atom stereocenters. The molecule has 0 aliphatic heterocycles. The van der Waals surface area contributed by atoms with Crippen molar-refractivity contribution >= 4 is 11.8 Å². The lowest BCUT2D eigenvalue weighted by atomic mass is 10.1. The summed E-state index contributed by atoms with van der Waals surface area (Å²) in [5, 5.41) is 10.9. The molecule has 108 valence electrons. The minimum absolute atomic E-state index is 0.227. The van der Waals surface area contributed by atoms with Crippen molar-refractivity contribution in [3.05, 3.63) is 70.7 Å². The van der Waals surface area contributed by atoms with Crippen molar-refractivity contribution < 1.29 is 19.1 Å². The third kappa shape index (κ3) is 3.66. The first-order valence-electron chi connectivity index (χ1n) is 6.48. The van der Waals surface area contributed by atoms with Crippen LogP contribution in [0.3, 0.4) is 0 Å². The average Bonchev–Trinajstić information content (AvgIpc) is 2.47. The summed E-state index contributed by atoms with van der Waals surface area (Å²) >= 11 is 0. The molecule has 1 aromatic heterocycles. The SMILES string of the molecule is Cc1ccc(C(=O)[C@@H](C)OC(=O)c2cc[n+]([O-])cc2)cc1. The minimum atomic E-state index is -0.889. The van der Waals surface area contributed by atoms with E-state index in [4.69, 9.17) is 4.74 Å². The van der Waals surface area contributed by atoms with E-state index in [-0.39, 0.29) is 11.3 Å². The Morgan fingerprint density at radius 2 is 1.62 bits per heavy atom. The Bertz CT molecular complexity index is 647. The van der Waals surface area contributed by atoms with Gasteiger partial charge in [-0.2, -0.15) is 4.73 Å². The Hall–Kier alpha value is -2.69. The number of pyridine rings is 1. The zero-order valence-electron chi connectivity index (χ0n) is 11.8. The summed E-state index contributed by atoms with van der Waals surface area (Å²) in [6.45, 7) is 3.45. The normalized spacial score (nSPS) is 11.7. The van der Waals surface area contributed by atoms with Crippen molar-refractivity contribution in [1.29, 1.82) is 0 Å². The number of rotatable bonds is 4. The van der Waals surface area contributed by atoms with Crippen LogP contribution >= 0.6 is 0 Å². The van der Waals surface area contributed by atoms with Gasteiger partial charge in [0, 0.05) is 17.7 Å². The van der Waals surface area contributed by atoms with E-state index in [1.807, 2.05) is 19.1 Å². The van der Waals surface area contributed by atoms with Gasteiger partial charge in [0.2, 0.25) is 5.78 Å². The number of carbonyl (C=O) groups is 2. The maximum absolute atomic E-state index is 12.1. The van der Waals surface area contributed by atoms with Crippen LogP contribution in [0.15, 0.2) is 48.8 Å². The molecule has 0 saturated carbocycles. The standard InChI is InChI=1S/C16H15NO4/c1-11-3-5-13(6-4-11)15(18)12(2)21-16(19)14-7-9-17(20)10-8-14/h3-10,12H,1-2H3/t12-/m1/s1. The topological polar surface area (TPSA) is 70.3 Å². The zero-order chi connectivity index (χ0) is 15.4. The molecule has 0 N–H and O–H groups in total. The lowest BCUT2D eigenvalue weighted by molar-refractivity contribution is -0.605. The van der Waals surface area contributed by atoms with E-state index in [9.17, 15) is 14.8 Å². The van der Waals surface area contributed by atoms with Gasteiger partial charge in [-0.15, -0.1) is 0 Å². The second-order valence-corrected chi connectivity index (χ2v) is 4.72. The fourth-order valence-corrected chi connectivity index (χ4v) is 1.78. The van der Waals surface area contributed by atoms with E-state index in [1.165, 1.54) is 31.5 Å². The van der Waals surface area contributed by atoms with Gasteiger partial charge in [0.25, 0.3) is 0 Å². The summed E-state index contributed by atoms with van der Waals surface area (Å²) in [5.74, 6) is -0.901. The van der Waals surface area contributed by atoms with Crippen LogP contribution in [0.25, 0.3) is 0 Å². The third-order valence-electron chi connectivity index (χ3n) is 3.03. The average molecular weight is 285 g/mol. The van der Waals surface area contributed by atoms with Crippen molar-refractivity contribution in [3.8, 4) is 0 Å². The molecule has 1 aromatic carbocycles. The third-order valence-corrected chi connectivity index (χ3v) is 3.03. The van der Waals surface area contributed by atoms with E-state index in [2.05, 4.69) is 0 Å². The predicted molar refractivity (Wildman–Crippen MR) is 75.8 cm³/mol. The number of ether oxygens (including phenoxy) is 1. The molecule has 0 bridgehead atoms. The number of esters is 1. The van der Waals surface area contributed by atoms with Crippen molar-refractivity contribution in [2.45, 2.75) is 20.0 Å². The van der Waals surface area contributed by atoms with Gasteiger partial charge < -0.3 is 9.94 Å². The Kier molecular flexibility index (Phi) is 4.33. The molecule has 5 nitrogen and oxygen atoms in total. The minimum Gasteiger partial charge on any atom is -0.619 e. The summed E-state index contributed by atoms with van der Waals surface area (Å²) in [7, 11) is 0. The van der Waals surface area contributed by atoms with Crippen molar-refractivity contribution in [1.82, 2.24) is 0 Å². The maximum atomic E-state index is 12.1. The Labute approximate surface area is 122 Å². The molecule has 1 atom stereocenters. The fourth-order valence-electron chi connectivity index (χ4n) is 1.78. The molecule has 2 aromatic rings. The number of hydrogen-bond acceptors (Lipinski definition) is 4. The molecular weight excluding hydrogens is 270 g/mol. The van der Waals surface area contributed by atoms with E-state index in [0.29, 0.717) is 10.3 Å². The predicted octanol–water partition coefficient (Wildman–Crippen LogP) is 2.06. The van der Waals surface area contributed by atoms with Crippen LogP contribution in [0.2, 0.25) is 0 Å². The molecule has 0 amide bonds. The molecule has 0 radical (unpaired) electrons. The molecule has 1 heterocycles. The van der Waals surface area contributed by atoms with Gasteiger partial charge in [0.15, 0.2) is 18.5 Å². The fraction of sp³-hybridized carbons (Fsp3) is 0.188. The molecule has 0 spiro atoms.